The molecule has 3 fully saturated rings. The summed E-state index contributed by atoms with van der Waals surface area (Å²) in [6.45, 7) is 6.94. The number of fused-ring (bicyclic) bond motifs is 5. The minimum atomic E-state index is -0.101. The van der Waals surface area contributed by atoms with Gasteiger partial charge < -0.3 is 10.6 Å². The van der Waals surface area contributed by atoms with Gasteiger partial charge >= 0.3 is 0 Å². The van der Waals surface area contributed by atoms with Gasteiger partial charge in [0.05, 0.1) is 11.8 Å². The Hall–Kier alpha value is -1.12. The summed E-state index contributed by atoms with van der Waals surface area (Å²) in [4.78, 5) is 31.9. The number of hydrogen-bond acceptors (Lipinski definition) is 3. The number of imide groups is 1. The van der Waals surface area contributed by atoms with Gasteiger partial charge in [0.15, 0.2) is 5.96 Å². The van der Waals surface area contributed by atoms with Crippen molar-refractivity contribution in [2.24, 2.45) is 34.1 Å². The maximum absolute atomic E-state index is 12.8. The van der Waals surface area contributed by atoms with E-state index in [0.717, 1.165) is 25.5 Å². The van der Waals surface area contributed by atoms with Gasteiger partial charge in [-0.2, -0.15) is 0 Å². The zero-order valence-electron chi connectivity index (χ0n) is 17.7. The first kappa shape index (κ1) is 22.6. The number of likely N-dealkylation sites (tertiary alicyclic amines) is 1. The van der Waals surface area contributed by atoms with Crippen LogP contribution >= 0.6 is 24.0 Å². The summed E-state index contributed by atoms with van der Waals surface area (Å²) in [6, 6.07) is 0. The lowest BCUT2D eigenvalue weighted by Crippen LogP contribution is -2.44. The zero-order chi connectivity index (χ0) is 19.7. The van der Waals surface area contributed by atoms with Crippen LogP contribution in [0.3, 0.4) is 0 Å². The third kappa shape index (κ3) is 4.21. The van der Waals surface area contributed by atoms with E-state index in [-0.39, 0.29) is 59.5 Å². The quantitative estimate of drug-likeness (QED) is 0.180. The number of carbonyl (C=O) groups excluding carboxylic acids is 2. The van der Waals surface area contributed by atoms with Gasteiger partial charge in [-0.05, 0) is 49.9 Å². The van der Waals surface area contributed by atoms with Crippen LogP contribution in [0.5, 0.6) is 0 Å². The van der Waals surface area contributed by atoms with Crippen LogP contribution in [0.25, 0.3) is 0 Å². The van der Waals surface area contributed by atoms with E-state index in [1.54, 1.807) is 0 Å². The lowest BCUT2D eigenvalue weighted by molar-refractivity contribution is -0.140. The van der Waals surface area contributed by atoms with Crippen molar-refractivity contribution in [3.05, 3.63) is 12.2 Å². The smallest absolute Gasteiger partial charge is 0.233 e. The molecule has 3 aliphatic carbocycles. The monoisotopic (exact) mass is 514 g/mol. The molecule has 4 unspecified atom stereocenters. The van der Waals surface area contributed by atoms with Crippen LogP contribution in [-0.2, 0) is 9.59 Å². The second kappa shape index (κ2) is 9.35. The van der Waals surface area contributed by atoms with Crippen molar-refractivity contribution in [3.8, 4) is 0 Å². The summed E-state index contributed by atoms with van der Waals surface area (Å²) in [5.74, 6) is 1.22. The molecule has 4 rings (SSSR count). The van der Waals surface area contributed by atoms with Crippen molar-refractivity contribution in [1.82, 2.24) is 15.5 Å². The molecule has 0 aromatic carbocycles. The first-order chi connectivity index (χ1) is 13.6. The first-order valence-corrected chi connectivity index (χ1v) is 11.1. The molecule has 7 heteroatoms. The molecule has 2 N–H and O–H groups in total. The molecule has 1 heterocycles. The van der Waals surface area contributed by atoms with E-state index in [9.17, 15) is 9.59 Å². The maximum atomic E-state index is 12.8. The molecule has 6 nitrogen and oxygen atoms in total. The number of halogens is 1. The number of allylic oxidation sites excluding steroid dienone is 2. The van der Waals surface area contributed by atoms with Gasteiger partial charge in [-0.1, -0.05) is 31.9 Å². The Kier molecular flexibility index (Phi) is 7.27. The largest absolute Gasteiger partial charge is 0.357 e. The fourth-order valence-corrected chi connectivity index (χ4v) is 5.81. The highest BCUT2D eigenvalue weighted by Gasteiger charge is 2.58. The second-order valence-corrected chi connectivity index (χ2v) is 9.01. The molecular weight excluding hydrogens is 479 g/mol. The Morgan fingerprint density at radius 3 is 2.28 bits per heavy atom. The lowest BCUT2D eigenvalue weighted by Gasteiger charge is -2.26. The molecule has 1 saturated heterocycles. The number of nitrogens with zero attached hydrogens (tertiary/aromatic N) is 2. The number of rotatable bonds is 7. The normalized spacial score (nSPS) is 31.9. The molecule has 2 bridgehead atoms. The standard InChI is InChI=1S/C22H34N4O2.HI/c1-3-22(9-5-6-10-22)14-25-21(23-4-2)24-11-12-26-19(27)17-15-7-8-16(13-15)18(17)20(26)28;/h7-8,15-18H,3-6,9-14H2,1-2H3,(H2,23,24,25);1H. The van der Waals surface area contributed by atoms with Crippen LogP contribution in [0.4, 0.5) is 0 Å². The van der Waals surface area contributed by atoms with Crippen molar-refractivity contribution >= 4 is 41.8 Å². The van der Waals surface area contributed by atoms with E-state index in [0.29, 0.717) is 18.5 Å². The minimum Gasteiger partial charge on any atom is -0.357 e. The highest BCUT2D eigenvalue weighted by Crippen LogP contribution is 2.52. The van der Waals surface area contributed by atoms with Gasteiger partial charge in [0.1, 0.15) is 0 Å². The van der Waals surface area contributed by atoms with E-state index in [2.05, 4.69) is 36.6 Å². The molecule has 0 radical (unpaired) electrons. The van der Waals surface area contributed by atoms with Crippen LogP contribution in [0, 0.1) is 29.1 Å². The number of nitrogens with one attached hydrogen (secondary N) is 2. The molecule has 4 aliphatic rings. The molecule has 0 aromatic heterocycles. The van der Waals surface area contributed by atoms with Crippen molar-refractivity contribution in [3.63, 3.8) is 0 Å². The van der Waals surface area contributed by atoms with E-state index < -0.39 is 0 Å². The lowest BCUT2D eigenvalue weighted by atomic mass is 9.84. The van der Waals surface area contributed by atoms with Gasteiger partial charge in [-0.3, -0.25) is 19.5 Å². The van der Waals surface area contributed by atoms with Crippen molar-refractivity contribution in [2.45, 2.75) is 52.4 Å². The Bertz CT molecular complexity index is 656. The number of carbonyl (C=O) groups is 2. The fraction of sp³-hybridized carbons (Fsp3) is 0.773. The predicted molar refractivity (Wildman–Crippen MR) is 125 cm³/mol. The van der Waals surface area contributed by atoms with E-state index in [1.807, 2.05) is 0 Å². The molecular formula is C22H35IN4O2. The average Bonchev–Trinajstić information content (AvgIpc) is 3.47. The zero-order valence-corrected chi connectivity index (χ0v) is 20.0. The summed E-state index contributed by atoms with van der Waals surface area (Å²) in [5, 5.41) is 6.64. The van der Waals surface area contributed by atoms with Crippen molar-refractivity contribution < 1.29 is 9.59 Å². The van der Waals surface area contributed by atoms with E-state index in [1.165, 1.54) is 37.0 Å². The molecule has 2 saturated carbocycles. The van der Waals surface area contributed by atoms with E-state index >= 15 is 0 Å². The van der Waals surface area contributed by atoms with Gasteiger partial charge in [0, 0.05) is 26.2 Å². The average molecular weight is 514 g/mol. The summed E-state index contributed by atoms with van der Waals surface area (Å²) in [6.07, 6.45) is 11.6. The Morgan fingerprint density at radius 1 is 1.10 bits per heavy atom. The van der Waals surface area contributed by atoms with Crippen molar-refractivity contribution in [2.75, 3.05) is 26.2 Å². The van der Waals surface area contributed by atoms with Gasteiger partial charge in [0.2, 0.25) is 11.8 Å². The molecule has 29 heavy (non-hydrogen) atoms. The molecule has 4 atom stereocenters. The number of hydrogen-bond donors (Lipinski definition) is 2. The van der Waals surface area contributed by atoms with Crippen molar-refractivity contribution in [1.29, 1.82) is 0 Å². The highest BCUT2D eigenvalue weighted by atomic mass is 127. The Morgan fingerprint density at radius 2 is 1.72 bits per heavy atom. The van der Waals surface area contributed by atoms with Crippen LogP contribution in [0.1, 0.15) is 52.4 Å². The summed E-state index contributed by atoms with van der Waals surface area (Å²) in [5.41, 5.74) is 0.354. The predicted octanol–water partition coefficient (Wildman–Crippen LogP) is 2.94. The first-order valence-electron chi connectivity index (χ1n) is 11.1. The van der Waals surface area contributed by atoms with Gasteiger partial charge in [-0.15, -0.1) is 24.0 Å². The van der Waals surface area contributed by atoms with Gasteiger partial charge in [0.25, 0.3) is 0 Å². The Labute approximate surface area is 191 Å². The fourth-order valence-electron chi connectivity index (χ4n) is 5.81. The van der Waals surface area contributed by atoms with Crippen LogP contribution < -0.4 is 10.6 Å². The third-order valence-electron chi connectivity index (χ3n) is 7.52. The SMILES string of the molecule is CCNC(=NCC1(CC)CCCC1)NCCN1C(=O)C2C3C=CC(C3)C2C1=O.I. The van der Waals surface area contributed by atoms with Gasteiger partial charge in [-0.25, -0.2) is 0 Å². The summed E-state index contributed by atoms with van der Waals surface area (Å²) in [7, 11) is 0. The van der Waals surface area contributed by atoms with Crippen LogP contribution in [-0.4, -0.2) is 48.9 Å². The highest BCUT2D eigenvalue weighted by molar-refractivity contribution is 14.0. The minimum absolute atomic E-state index is 0. The molecule has 1 aliphatic heterocycles. The topological polar surface area (TPSA) is 73.8 Å². The number of aliphatic imine (C=N–C) groups is 1. The summed E-state index contributed by atoms with van der Waals surface area (Å²) >= 11 is 0. The summed E-state index contributed by atoms with van der Waals surface area (Å²) < 4.78 is 0. The maximum Gasteiger partial charge on any atom is 0.233 e. The molecule has 0 spiro atoms. The molecule has 2 amide bonds. The third-order valence-corrected chi connectivity index (χ3v) is 7.52. The van der Waals surface area contributed by atoms with E-state index in [4.69, 9.17) is 4.99 Å². The second-order valence-electron chi connectivity index (χ2n) is 9.01. The molecule has 162 valence electrons. The number of guanidine groups is 1. The number of amides is 2. The van der Waals surface area contributed by atoms with Crippen LogP contribution in [0.15, 0.2) is 17.1 Å². The van der Waals surface area contributed by atoms with Crippen LogP contribution in [0.2, 0.25) is 0 Å². The molecule has 0 aromatic rings. The Balaban J connectivity index is 0.00000240.